The van der Waals surface area contributed by atoms with E-state index in [4.69, 9.17) is 10.2 Å². The molecule has 0 amide bonds. The van der Waals surface area contributed by atoms with Crippen LogP contribution >= 0.6 is 0 Å². The molecule has 0 spiro atoms. The van der Waals surface area contributed by atoms with Crippen LogP contribution in [-0.2, 0) is 14.4 Å². The normalized spacial score (nSPS) is 13.8. The van der Waals surface area contributed by atoms with Gasteiger partial charge in [-0.25, -0.2) is 0 Å². The third kappa shape index (κ3) is 20.9. The first-order valence-corrected chi connectivity index (χ1v) is 5.66. The van der Waals surface area contributed by atoms with Gasteiger partial charge in [0.25, 0.3) is 0 Å². The molecule has 1 aliphatic rings. The van der Waals surface area contributed by atoms with Gasteiger partial charge in [0, 0.05) is 12.8 Å². The summed E-state index contributed by atoms with van der Waals surface area (Å²) < 4.78 is 0. The number of hydrogen-bond acceptors (Lipinski definition) is 5. The molecule has 0 atom stereocenters. The molecular weight excluding hydrogens is 224 g/mol. The molecule has 1 aliphatic carbocycles. The zero-order chi connectivity index (χ0) is 13.7. The number of aliphatic hydroxyl groups is 2. The molecule has 0 saturated heterocycles. The number of rotatable bonds is 2. The summed E-state index contributed by atoms with van der Waals surface area (Å²) in [5.74, 6) is 0.0845. The highest BCUT2D eigenvalue weighted by Gasteiger charge is 2.05. The van der Waals surface area contributed by atoms with Gasteiger partial charge >= 0.3 is 0 Å². The van der Waals surface area contributed by atoms with E-state index in [0.717, 1.165) is 25.7 Å². The fourth-order valence-electron chi connectivity index (χ4n) is 0.946. The van der Waals surface area contributed by atoms with E-state index in [0.29, 0.717) is 5.78 Å². The molecule has 0 unspecified atom stereocenters. The Hall–Kier alpha value is -1.07. The van der Waals surface area contributed by atoms with Gasteiger partial charge in [0.05, 0.1) is 0 Å². The van der Waals surface area contributed by atoms with Crippen molar-refractivity contribution in [2.45, 2.75) is 46.0 Å². The second kappa shape index (κ2) is 13.0. The molecule has 0 heterocycles. The van der Waals surface area contributed by atoms with Crippen LogP contribution in [-0.4, -0.2) is 40.8 Å². The summed E-state index contributed by atoms with van der Waals surface area (Å²) in [6.45, 7) is 2.00. The predicted molar refractivity (Wildman–Crippen MR) is 63.6 cm³/mol. The molecule has 100 valence electrons. The van der Waals surface area contributed by atoms with E-state index in [1.54, 1.807) is 0 Å². The third-order valence-corrected chi connectivity index (χ3v) is 1.86. The average molecular weight is 246 g/mol. The fraction of sp³-hybridized carbons (Fsp3) is 0.750. The average Bonchev–Trinajstić information content (AvgIpc) is 2.31. The molecule has 0 bridgehead atoms. The van der Waals surface area contributed by atoms with E-state index >= 15 is 0 Å². The zero-order valence-electron chi connectivity index (χ0n) is 10.6. The van der Waals surface area contributed by atoms with Gasteiger partial charge in [0.15, 0.2) is 11.6 Å². The first-order valence-electron chi connectivity index (χ1n) is 5.66. The molecule has 5 heteroatoms. The first kappa shape index (κ1) is 18.3. The molecule has 1 saturated carbocycles. The summed E-state index contributed by atoms with van der Waals surface area (Å²) in [4.78, 5) is 29.6. The molecule has 5 nitrogen and oxygen atoms in total. The molecule has 1 fully saturated rings. The minimum atomic E-state index is -0.333. The Labute approximate surface area is 102 Å². The van der Waals surface area contributed by atoms with E-state index in [2.05, 4.69) is 0 Å². The number of carbonyl (C=O) groups is 3. The lowest BCUT2D eigenvalue weighted by Crippen LogP contribution is -2.02. The molecule has 0 aromatic rings. The van der Waals surface area contributed by atoms with Crippen molar-refractivity contribution in [1.29, 1.82) is 0 Å². The summed E-state index contributed by atoms with van der Waals surface area (Å²) >= 11 is 0. The largest absolute Gasteiger partial charge is 0.389 e. The van der Waals surface area contributed by atoms with E-state index in [1.165, 1.54) is 20.3 Å². The molecule has 0 aromatic carbocycles. The number of aliphatic hydroxyl groups excluding tert-OH is 2. The maximum Gasteiger partial charge on any atom is 0.155 e. The minimum absolute atomic E-state index is 0.190. The van der Waals surface area contributed by atoms with Crippen LogP contribution in [0.5, 0.6) is 0 Å². The standard InChI is InChI=1S/C6H10O.2C3H6O2/c7-6-4-2-1-3-5-6;2*1-3(5)2-4/h1-5H2;2*4H,2H2,1H3. The summed E-state index contributed by atoms with van der Waals surface area (Å²) in [5.41, 5.74) is 0. The highest BCUT2D eigenvalue weighted by atomic mass is 16.3. The van der Waals surface area contributed by atoms with Crippen LogP contribution in [0, 0.1) is 0 Å². The smallest absolute Gasteiger partial charge is 0.155 e. The molecule has 2 N–H and O–H groups in total. The van der Waals surface area contributed by atoms with Crippen molar-refractivity contribution in [3.8, 4) is 0 Å². The Morgan fingerprint density at radius 2 is 1.24 bits per heavy atom. The van der Waals surface area contributed by atoms with E-state index < -0.39 is 0 Å². The lowest BCUT2D eigenvalue weighted by molar-refractivity contribution is -0.120. The topological polar surface area (TPSA) is 91.7 Å². The van der Waals surface area contributed by atoms with Crippen LogP contribution in [0.2, 0.25) is 0 Å². The van der Waals surface area contributed by atoms with Gasteiger partial charge < -0.3 is 10.2 Å². The monoisotopic (exact) mass is 246 g/mol. The van der Waals surface area contributed by atoms with E-state index in [1.807, 2.05) is 0 Å². The maximum absolute atomic E-state index is 10.5. The maximum atomic E-state index is 10.5. The van der Waals surface area contributed by atoms with Crippen molar-refractivity contribution >= 4 is 17.3 Å². The number of hydrogen-bond donors (Lipinski definition) is 2. The number of carbonyl (C=O) groups excluding carboxylic acids is 3. The second-order valence-corrected chi connectivity index (χ2v) is 3.82. The SMILES string of the molecule is CC(=O)CO.CC(=O)CO.O=C1CCCCC1. The zero-order valence-corrected chi connectivity index (χ0v) is 10.6. The second-order valence-electron chi connectivity index (χ2n) is 3.82. The van der Waals surface area contributed by atoms with Crippen LogP contribution in [0.3, 0.4) is 0 Å². The molecule has 1 rings (SSSR count). The summed E-state index contributed by atoms with van der Waals surface area (Å²) in [5, 5.41) is 15.6. The van der Waals surface area contributed by atoms with Crippen molar-refractivity contribution in [1.82, 2.24) is 0 Å². The van der Waals surface area contributed by atoms with Gasteiger partial charge in [0.1, 0.15) is 19.0 Å². The van der Waals surface area contributed by atoms with Gasteiger partial charge in [-0.1, -0.05) is 6.42 Å². The van der Waals surface area contributed by atoms with Crippen molar-refractivity contribution in [3.05, 3.63) is 0 Å². The van der Waals surface area contributed by atoms with E-state index in [-0.39, 0.29) is 24.8 Å². The van der Waals surface area contributed by atoms with Crippen LogP contribution in [0.25, 0.3) is 0 Å². The van der Waals surface area contributed by atoms with Crippen molar-refractivity contribution in [2.75, 3.05) is 13.2 Å². The fourth-order valence-corrected chi connectivity index (χ4v) is 0.946. The van der Waals surface area contributed by atoms with Gasteiger partial charge in [0.2, 0.25) is 0 Å². The van der Waals surface area contributed by atoms with E-state index in [9.17, 15) is 14.4 Å². The van der Waals surface area contributed by atoms with Crippen molar-refractivity contribution < 1.29 is 24.6 Å². The number of Topliss-reactive ketones (excluding diaryl/α,β-unsaturated/α-hetero) is 3. The Bertz CT molecular complexity index is 213. The highest BCUT2D eigenvalue weighted by Crippen LogP contribution is 2.12. The van der Waals surface area contributed by atoms with Gasteiger partial charge in [-0.3, -0.25) is 14.4 Å². The quantitative estimate of drug-likeness (QED) is 0.746. The van der Waals surface area contributed by atoms with Crippen LogP contribution < -0.4 is 0 Å². The van der Waals surface area contributed by atoms with Gasteiger partial charge in [-0.15, -0.1) is 0 Å². The van der Waals surface area contributed by atoms with Crippen molar-refractivity contribution in [3.63, 3.8) is 0 Å². The molecule has 17 heavy (non-hydrogen) atoms. The Balaban J connectivity index is 0. The Morgan fingerprint density at radius 3 is 1.35 bits per heavy atom. The van der Waals surface area contributed by atoms with Gasteiger partial charge in [-0.05, 0) is 26.7 Å². The summed E-state index contributed by atoms with van der Waals surface area (Å²) in [6.07, 6.45) is 5.24. The summed E-state index contributed by atoms with van der Waals surface area (Å²) in [7, 11) is 0. The minimum Gasteiger partial charge on any atom is -0.389 e. The lowest BCUT2D eigenvalue weighted by atomic mass is 10.00. The predicted octanol–water partition coefficient (Wildman–Crippen LogP) is 0.655. The lowest BCUT2D eigenvalue weighted by Gasteiger charge is -2.05. The van der Waals surface area contributed by atoms with Crippen LogP contribution in [0.4, 0.5) is 0 Å². The van der Waals surface area contributed by atoms with Crippen molar-refractivity contribution in [2.24, 2.45) is 0 Å². The summed E-state index contributed by atoms with van der Waals surface area (Å²) in [6, 6.07) is 0. The van der Waals surface area contributed by atoms with Crippen LogP contribution in [0.15, 0.2) is 0 Å². The molecular formula is C12H22O5. The first-order chi connectivity index (χ1) is 7.93. The Kier molecular flexibility index (Phi) is 14.0. The molecule has 0 aromatic heterocycles. The highest BCUT2D eigenvalue weighted by molar-refractivity contribution is 5.78. The number of ketones is 3. The van der Waals surface area contributed by atoms with Crippen LogP contribution in [0.1, 0.15) is 46.0 Å². The molecule has 0 aliphatic heterocycles. The molecule has 0 radical (unpaired) electrons. The third-order valence-electron chi connectivity index (χ3n) is 1.86. The Morgan fingerprint density at radius 1 is 0.941 bits per heavy atom. The van der Waals surface area contributed by atoms with Gasteiger partial charge in [-0.2, -0.15) is 0 Å².